The van der Waals surface area contributed by atoms with Gasteiger partial charge in [0.05, 0.1) is 11.9 Å². The van der Waals surface area contributed by atoms with Gasteiger partial charge in [-0.25, -0.2) is 4.39 Å². The average molecular weight is 208 g/mol. The summed E-state index contributed by atoms with van der Waals surface area (Å²) in [4.78, 5) is 14.5. The number of hydrogen-bond donors (Lipinski definition) is 1. The number of aryl methyl sites for hydroxylation is 1. The maximum atomic E-state index is 12.7. The molecular formula is C11H13FN2O. The van der Waals surface area contributed by atoms with Crippen molar-refractivity contribution in [2.24, 2.45) is 0 Å². The number of rotatable bonds is 3. The Morgan fingerprint density at radius 2 is 2.40 bits per heavy atom. The quantitative estimate of drug-likeness (QED) is 0.821. The van der Waals surface area contributed by atoms with Gasteiger partial charge in [-0.1, -0.05) is 6.08 Å². The normalized spacial score (nSPS) is 10.6. The molecule has 80 valence electrons. The van der Waals surface area contributed by atoms with E-state index in [1.54, 1.807) is 19.1 Å². The van der Waals surface area contributed by atoms with Crippen molar-refractivity contribution in [3.05, 3.63) is 35.4 Å². The lowest BCUT2D eigenvalue weighted by atomic mass is 10.2. The summed E-state index contributed by atoms with van der Waals surface area (Å²) >= 11 is 0. The lowest BCUT2D eigenvalue weighted by Gasteiger charge is -1.99. The van der Waals surface area contributed by atoms with E-state index < -0.39 is 0 Å². The van der Waals surface area contributed by atoms with Crippen LogP contribution in [0.15, 0.2) is 18.3 Å². The second-order valence-corrected chi connectivity index (χ2v) is 3.20. The van der Waals surface area contributed by atoms with Crippen LogP contribution in [0.2, 0.25) is 0 Å². The number of pyridine rings is 1. The second kappa shape index (κ2) is 5.24. The molecule has 0 fully saturated rings. The number of hydrogen-bond acceptors (Lipinski definition) is 2. The van der Waals surface area contributed by atoms with E-state index in [2.05, 4.69) is 10.3 Å². The van der Waals surface area contributed by atoms with E-state index in [-0.39, 0.29) is 11.7 Å². The van der Waals surface area contributed by atoms with E-state index >= 15 is 0 Å². The molecule has 0 aliphatic carbocycles. The third-order valence-electron chi connectivity index (χ3n) is 1.83. The van der Waals surface area contributed by atoms with Gasteiger partial charge in [0, 0.05) is 13.5 Å². The minimum absolute atomic E-state index is 0.0802. The molecule has 1 rings (SSSR count). The molecule has 0 aliphatic heterocycles. The minimum atomic E-state index is -0.341. The molecular weight excluding hydrogens is 195 g/mol. The Morgan fingerprint density at radius 1 is 1.67 bits per heavy atom. The van der Waals surface area contributed by atoms with E-state index in [1.165, 1.54) is 19.2 Å². The summed E-state index contributed by atoms with van der Waals surface area (Å²) in [6, 6.07) is 1.42. The summed E-state index contributed by atoms with van der Waals surface area (Å²) < 4.78 is 12.7. The highest BCUT2D eigenvalue weighted by Crippen LogP contribution is 2.07. The van der Waals surface area contributed by atoms with Crippen LogP contribution in [0.3, 0.4) is 0 Å². The van der Waals surface area contributed by atoms with Gasteiger partial charge in [-0.2, -0.15) is 0 Å². The molecule has 0 saturated heterocycles. The van der Waals surface area contributed by atoms with Crippen molar-refractivity contribution >= 4 is 12.0 Å². The summed E-state index contributed by atoms with van der Waals surface area (Å²) in [5, 5.41) is 2.62. The zero-order valence-electron chi connectivity index (χ0n) is 8.75. The SMILES string of the molecule is CC(=O)NCC=Cc1ncc(F)cc1C. The van der Waals surface area contributed by atoms with Crippen LogP contribution in [0.1, 0.15) is 18.2 Å². The van der Waals surface area contributed by atoms with Crippen LogP contribution in [0.25, 0.3) is 6.08 Å². The monoisotopic (exact) mass is 208 g/mol. The number of nitrogens with zero attached hydrogens (tertiary/aromatic N) is 1. The largest absolute Gasteiger partial charge is 0.353 e. The first-order valence-corrected chi connectivity index (χ1v) is 4.62. The molecule has 0 atom stereocenters. The number of carbonyl (C=O) groups is 1. The summed E-state index contributed by atoms with van der Waals surface area (Å²) in [5.74, 6) is -0.421. The van der Waals surface area contributed by atoms with Gasteiger partial charge in [0.1, 0.15) is 5.82 Å². The third kappa shape index (κ3) is 3.89. The van der Waals surface area contributed by atoms with Crippen molar-refractivity contribution in [2.75, 3.05) is 6.54 Å². The van der Waals surface area contributed by atoms with Gasteiger partial charge in [-0.3, -0.25) is 9.78 Å². The smallest absolute Gasteiger partial charge is 0.217 e. The molecule has 1 amide bonds. The standard InChI is InChI=1S/C11H13FN2O/c1-8-6-10(12)7-14-11(8)4-3-5-13-9(2)15/h3-4,6-7H,5H2,1-2H3,(H,13,15). The van der Waals surface area contributed by atoms with E-state index in [1.807, 2.05) is 0 Å². The van der Waals surface area contributed by atoms with E-state index in [9.17, 15) is 9.18 Å². The fourth-order valence-corrected chi connectivity index (χ4v) is 1.10. The summed E-state index contributed by atoms with van der Waals surface area (Å²) in [5.41, 5.74) is 1.48. The topological polar surface area (TPSA) is 42.0 Å². The number of aromatic nitrogens is 1. The lowest BCUT2D eigenvalue weighted by Crippen LogP contribution is -2.19. The van der Waals surface area contributed by atoms with Gasteiger partial charge >= 0.3 is 0 Å². The van der Waals surface area contributed by atoms with Crippen molar-refractivity contribution in [1.82, 2.24) is 10.3 Å². The molecule has 0 aliphatic rings. The third-order valence-corrected chi connectivity index (χ3v) is 1.83. The fraction of sp³-hybridized carbons (Fsp3) is 0.273. The average Bonchev–Trinajstić information content (AvgIpc) is 2.14. The van der Waals surface area contributed by atoms with Gasteiger partial charge in [-0.05, 0) is 24.6 Å². The van der Waals surface area contributed by atoms with E-state index in [0.29, 0.717) is 12.2 Å². The van der Waals surface area contributed by atoms with Crippen LogP contribution in [-0.2, 0) is 4.79 Å². The minimum Gasteiger partial charge on any atom is -0.353 e. The van der Waals surface area contributed by atoms with Crippen LogP contribution in [0.4, 0.5) is 4.39 Å². The van der Waals surface area contributed by atoms with Gasteiger partial charge in [0.2, 0.25) is 5.91 Å². The molecule has 0 aromatic carbocycles. The number of carbonyl (C=O) groups excluding carboxylic acids is 1. The molecule has 1 aromatic rings. The van der Waals surface area contributed by atoms with Gasteiger partial charge in [-0.15, -0.1) is 0 Å². The maximum Gasteiger partial charge on any atom is 0.217 e. The molecule has 1 aromatic heterocycles. The van der Waals surface area contributed by atoms with Gasteiger partial charge < -0.3 is 5.32 Å². The Labute approximate surface area is 88.0 Å². The molecule has 0 unspecified atom stereocenters. The molecule has 0 bridgehead atoms. The molecule has 1 N–H and O–H groups in total. The van der Waals surface area contributed by atoms with Crippen molar-refractivity contribution in [2.45, 2.75) is 13.8 Å². The predicted molar refractivity (Wildman–Crippen MR) is 56.6 cm³/mol. The zero-order chi connectivity index (χ0) is 11.3. The first kappa shape index (κ1) is 11.4. The molecule has 15 heavy (non-hydrogen) atoms. The molecule has 0 spiro atoms. The molecule has 1 heterocycles. The highest BCUT2D eigenvalue weighted by molar-refractivity contribution is 5.73. The van der Waals surface area contributed by atoms with E-state index in [4.69, 9.17) is 0 Å². The number of nitrogens with one attached hydrogen (secondary N) is 1. The summed E-state index contributed by atoms with van der Waals surface area (Å²) in [7, 11) is 0. The Hall–Kier alpha value is -1.71. The predicted octanol–water partition coefficient (Wildman–Crippen LogP) is 1.68. The molecule has 0 saturated carbocycles. The Bertz CT molecular complexity index is 388. The highest BCUT2D eigenvalue weighted by atomic mass is 19.1. The molecule has 4 heteroatoms. The van der Waals surface area contributed by atoms with Crippen molar-refractivity contribution in [3.63, 3.8) is 0 Å². The van der Waals surface area contributed by atoms with Gasteiger partial charge in [0.15, 0.2) is 0 Å². The number of amides is 1. The van der Waals surface area contributed by atoms with Crippen molar-refractivity contribution in [3.8, 4) is 0 Å². The van der Waals surface area contributed by atoms with Crippen LogP contribution in [0, 0.1) is 12.7 Å². The van der Waals surface area contributed by atoms with Gasteiger partial charge in [0.25, 0.3) is 0 Å². The first-order chi connectivity index (χ1) is 7.09. The van der Waals surface area contributed by atoms with Crippen LogP contribution in [0.5, 0.6) is 0 Å². The molecule has 0 radical (unpaired) electrons. The van der Waals surface area contributed by atoms with Crippen LogP contribution in [-0.4, -0.2) is 17.4 Å². The highest BCUT2D eigenvalue weighted by Gasteiger charge is 1.97. The second-order valence-electron chi connectivity index (χ2n) is 3.20. The Balaban J connectivity index is 2.60. The van der Waals surface area contributed by atoms with Crippen molar-refractivity contribution in [1.29, 1.82) is 0 Å². The van der Waals surface area contributed by atoms with Crippen LogP contribution < -0.4 is 5.32 Å². The Morgan fingerprint density at radius 3 is 3.00 bits per heavy atom. The number of halogens is 1. The zero-order valence-corrected chi connectivity index (χ0v) is 8.75. The summed E-state index contributed by atoms with van der Waals surface area (Å²) in [6.45, 7) is 3.69. The maximum absolute atomic E-state index is 12.7. The summed E-state index contributed by atoms with van der Waals surface area (Å²) in [6.07, 6.45) is 4.70. The van der Waals surface area contributed by atoms with Crippen molar-refractivity contribution < 1.29 is 9.18 Å². The lowest BCUT2D eigenvalue weighted by molar-refractivity contribution is -0.118. The molecule has 3 nitrogen and oxygen atoms in total. The fourth-order valence-electron chi connectivity index (χ4n) is 1.10. The first-order valence-electron chi connectivity index (χ1n) is 4.62. The Kier molecular flexibility index (Phi) is 3.97. The van der Waals surface area contributed by atoms with Crippen LogP contribution >= 0.6 is 0 Å². The van der Waals surface area contributed by atoms with E-state index in [0.717, 1.165) is 5.56 Å².